The van der Waals surface area contributed by atoms with Crippen LogP contribution in [0.15, 0.2) is 30.3 Å². The zero-order chi connectivity index (χ0) is 16.2. The summed E-state index contributed by atoms with van der Waals surface area (Å²) in [5.41, 5.74) is 1.15. The van der Waals surface area contributed by atoms with Crippen molar-refractivity contribution < 1.29 is 14.3 Å². The Labute approximate surface area is 137 Å². The average molecular weight is 316 g/mol. The minimum absolute atomic E-state index is 0.0391. The van der Waals surface area contributed by atoms with Crippen molar-refractivity contribution in [2.24, 2.45) is 5.92 Å². The summed E-state index contributed by atoms with van der Waals surface area (Å²) in [5, 5.41) is 0. The maximum atomic E-state index is 12.5. The first-order chi connectivity index (χ1) is 11.2. The molecule has 5 heteroatoms. The fourth-order valence-corrected chi connectivity index (χ4v) is 3.19. The molecule has 2 saturated heterocycles. The van der Waals surface area contributed by atoms with E-state index in [1.807, 2.05) is 42.2 Å². The Hall–Kier alpha value is -1.88. The molecule has 0 saturated carbocycles. The van der Waals surface area contributed by atoms with Gasteiger partial charge in [-0.1, -0.05) is 30.3 Å². The molecule has 0 bridgehead atoms. The Bertz CT molecular complexity index is 555. The van der Waals surface area contributed by atoms with E-state index >= 15 is 0 Å². The molecule has 0 unspecified atom stereocenters. The maximum absolute atomic E-state index is 12.5. The molecule has 0 aromatic heterocycles. The third-order valence-corrected chi connectivity index (χ3v) is 4.72. The van der Waals surface area contributed by atoms with Crippen molar-refractivity contribution in [3.63, 3.8) is 0 Å². The van der Waals surface area contributed by atoms with Crippen LogP contribution >= 0.6 is 0 Å². The first-order valence-corrected chi connectivity index (χ1v) is 8.39. The quantitative estimate of drug-likeness (QED) is 0.830. The van der Waals surface area contributed by atoms with Gasteiger partial charge in [0.25, 0.3) is 0 Å². The third kappa shape index (κ3) is 3.72. The highest BCUT2D eigenvalue weighted by Crippen LogP contribution is 2.23. The van der Waals surface area contributed by atoms with Gasteiger partial charge in [0.1, 0.15) is 0 Å². The molecule has 0 radical (unpaired) electrons. The molecule has 2 aliphatic rings. The molecule has 5 nitrogen and oxygen atoms in total. The molecule has 1 atom stereocenters. The fraction of sp³-hybridized carbons (Fsp3) is 0.556. The van der Waals surface area contributed by atoms with Crippen LogP contribution in [-0.2, 0) is 20.9 Å². The number of likely N-dealkylation sites (tertiary alicyclic amines) is 2. The molecule has 124 valence electrons. The molecule has 2 amide bonds. The number of hydrogen-bond acceptors (Lipinski definition) is 3. The third-order valence-electron chi connectivity index (χ3n) is 4.72. The highest BCUT2D eigenvalue weighted by Gasteiger charge is 2.37. The van der Waals surface area contributed by atoms with Crippen LogP contribution < -0.4 is 0 Å². The Balaban J connectivity index is 1.42. The number of benzene rings is 1. The van der Waals surface area contributed by atoms with Crippen LogP contribution in [0.5, 0.6) is 0 Å². The number of carbonyl (C=O) groups is 2. The molecule has 0 aliphatic carbocycles. The highest BCUT2D eigenvalue weighted by molar-refractivity contribution is 5.84. The van der Waals surface area contributed by atoms with E-state index in [4.69, 9.17) is 4.74 Å². The van der Waals surface area contributed by atoms with Gasteiger partial charge >= 0.3 is 0 Å². The first-order valence-electron chi connectivity index (χ1n) is 8.39. The van der Waals surface area contributed by atoms with Crippen LogP contribution in [0.2, 0.25) is 0 Å². The van der Waals surface area contributed by atoms with E-state index in [2.05, 4.69) is 0 Å². The SMILES string of the molecule is CCN1C[C@H](C(=O)N2CC(OCc3ccccc3)C2)CCC1=O. The normalized spacial score (nSPS) is 22.1. The van der Waals surface area contributed by atoms with Gasteiger partial charge in [0.2, 0.25) is 11.8 Å². The second-order valence-corrected chi connectivity index (χ2v) is 6.33. The van der Waals surface area contributed by atoms with E-state index < -0.39 is 0 Å². The van der Waals surface area contributed by atoms with E-state index in [1.165, 1.54) is 0 Å². The average Bonchev–Trinajstić information content (AvgIpc) is 2.54. The molecule has 2 fully saturated rings. The summed E-state index contributed by atoms with van der Waals surface area (Å²) in [6, 6.07) is 10.1. The molecule has 0 spiro atoms. The lowest BCUT2D eigenvalue weighted by atomic mass is 9.94. The van der Waals surface area contributed by atoms with Gasteiger partial charge in [-0.15, -0.1) is 0 Å². The van der Waals surface area contributed by atoms with Crippen molar-refractivity contribution in [2.45, 2.75) is 32.5 Å². The number of piperidine rings is 1. The standard InChI is InChI=1S/C18H24N2O3/c1-2-19-10-15(8-9-17(19)21)18(22)20-11-16(12-20)23-13-14-6-4-3-5-7-14/h3-7,15-16H,2,8-13H2,1H3/t15-/m1/s1. The lowest BCUT2D eigenvalue weighted by molar-refractivity contribution is -0.154. The zero-order valence-corrected chi connectivity index (χ0v) is 13.6. The summed E-state index contributed by atoms with van der Waals surface area (Å²) in [6.07, 6.45) is 1.30. The van der Waals surface area contributed by atoms with E-state index in [-0.39, 0.29) is 23.8 Å². The molecular formula is C18H24N2O3. The van der Waals surface area contributed by atoms with Gasteiger partial charge < -0.3 is 14.5 Å². The molecule has 3 rings (SSSR count). The van der Waals surface area contributed by atoms with Crippen LogP contribution in [0.4, 0.5) is 0 Å². The lowest BCUT2D eigenvalue weighted by Crippen LogP contribution is -2.58. The molecule has 2 aliphatic heterocycles. The van der Waals surface area contributed by atoms with Gasteiger partial charge in [0.15, 0.2) is 0 Å². The van der Waals surface area contributed by atoms with Crippen LogP contribution in [0.3, 0.4) is 0 Å². The molecular weight excluding hydrogens is 292 g/mol. The van der Waals surface area contributed by atoms with Crippen LogP contribution in [-0.4, -0.2) is 53.9 Å². The first kappa shape index (κ1) is 16.0. The van der Waals surface area contributed by atoms with E-state index in [0.29, 0.717) is 45.6 Å². The Kier molecular flexibility index (Phi) is 4.96. The molecule has 2 heterocycles. The second-order valence-electron chi connectivity index (χ2n) is 6.33. The number of rotatable bonds is 5. The predicted octanol–water partition coefficient (Wildman–Crippen LogP) is 1.67. The van der Waals surface area contributed by atoms with E-state index in [1.54, 1.807) is 4.90 Å². The topological polar surface area (TPSA) is 49.9 Å². The lowest BCUT2D eigenvalue weighted by Gasteiger charge is -2.42. The number of amides is 2. The Morgan fingerprint density at radius 3 is 2.65 bits per heavy atom. The van der Waals surface area contributed by atoms with Gasteiger partial charge in [0, 0.05) is 32.6 Å². The van der Waals surface area contributed by atoms with Gasteiger partial charge in [-0.05, 0) is 18.9 Å². The summed E-state index contributed by atoms with van der Waals surface area (Å²) in [7, 11) is 0. The molecule has 1 aromatic rings. The minimum atomic E-state index is -0.0391. The number of carbonyl (C=O) groups excluding carboxylic acids is 2. The highest BCUT2D eigenvalue weighted by atomic mass is 16.5. The summed E-state index contributed by atoms with van der Waals surface area (Å²) in [4.78, 5) is 27.9. The van der Waals surface area contributed by atoms with Gasteiger partial charge in [-0.25, -0.2) is 0 Å². The van der Waals surface area contributed by atoms with Gasteiger partial charge in [-0.3, -0.25) is 9.59 Å². The monoisotopic (exact) mass is 316 g/mol. The van der Waals surface area contributed by atoms with Crippen molar-refractivity contribution >= 4 is 11.8 Å². The fourth-order valence-electron chi connectivity index (χ4n) is 3.19. The predicted molar refractivity (Wildman–Crippen MR) is 86.6 cm³/mol. The zero-order valence-electron chi connectivity index (χ0n) is 13.6. The molecule has 0 N–H and O–H groups in total. The summed E-state index contributed by atoms with van der Waals surface area (Å²) in [6.45, 7) is 5.15. The van der Waals surface area contributed by atoms with Crippen LogP contribution in [0.25, 0.3) is 0 Å². The maximum Gasteiger partial charge on any atom is 0.227 e. The number of hydrogen-bond donors (Lipinski definition) is 0. The van der Waals surface area contributed by atoms with Crippen LogP contribution in [0, 0.1) is 5.92 Å². The van der Waals surface area contributed by atoms with Crippen LogP contribution in [0.1, 0.15) is 25.3 Å². The molecule has 1 aromatic carbocycles. The van der Waals surface area contributed by atoms with Crippen molar-refractivity contribution in [3.05, 3.63) is 35.9 Å². The summed E-state index contributed by atoms with van der Waals surface area (Å²) in [5.74, 6) is 0.308. The van der Waals surface area contributed by atoms with Gasteiger partial charge in [0.05, 0.1) is 18.6 Å². The van der Waals surface area contributed by atoms with Crippen molar-refractivity contribution in [1.82, 2.24) is 9.80 Å². The summed E-state index contributed by atoms with van der Waals surface area (Å²) < 4.78 is 5.83. The number of nitrogens with zero attached hydrogens (tertiary/aromatic N) is 2. The smallest absolute Gasteiger partial charge is 0.227 e. The van der Waals surface area contributed by atoms with E-state index in [0.717, 1.165) is 5.56 Å². The van der Waals surface area contributed by atoms with Crippen molar-refractivity contribution in [1.29, 1.82) is 0 Å². The minimum Gasteiger partial charge on any atom is -0.370 e. The largest absolute Gasteiger partial charge is 0.370 e. The van der Waals surface area contributed by atoms with Crippen molar-refractivity contribution in [2.75, 3.05) is 26.2 Å². The van der Waals surface area contributed by atoms with Crippen molar-refractivity contribution in [3.8, 4) is 0 Å². The Morgan fingerprint density at radius 1 is 1.22 bits per heavy atom. The Morgan fingerprint density at radius 2 is 1.96 bits per heavy atom. The van der Waals surface area contributed by atoms with E-state index in [9.17, 15) is 9.59 Å². The summed E-state index contributed by atoms with van der Waals surface area (Å²) >= 11 is 0. The molecule has 23 heavy (non-hydrogen) atoms. The second kappa shape index (κ2) is 7.13. The van der Waals surface area contributed by atoms with Gasteiger partial charge in [-0.2, -0.15) is 0 Å². The number of ether oxygens (including phenoxy) is 1.